The number of anilines is 1. The van der Waals surface area contributed by atoms with E-state index >= 15 is 0 Å². The largest absolute Gasteiger partial charge is 0.416 e. The Hall–Kier alpha value is -1.68. The van der Waals surface area contributed by atoms with Crippen LogP contribution in [-0.4, -0.2) is 18.6 Å². The number of hydrogen-bond donors (Lipinski definition) is 1. The summed E-state index contributed by atoms with van der Waals surface area (Å²) in [6.45, 7) is 5.66. The molecule has 0 bridgehead atoms. The van der Waals surface area contributed by atoms with Gasteiger partial charge in [-0.05, 0) is 18.2 Å². The number of sulfonamides is 1. The van der Waals surface area contributed by atoms with E-state index in [1.54, 1.807) is 0 Å². The first kappa shape index (κ1) is 17.7. The number of benzene rings is 1. The summed E-state index contributed by atoms with van der Waals surface area (Å²) in [5.41, 5.74) is -1.34. The molecule has 1 aromatic heterocycles. The topological polar surface area (TPSA) is 72.0 Å². The van der Waals surface area contributed by atoms with Gasteiger partial charge in [0.05, 0.1) is 10.5 Å². The third kappa shape index (κ3) is 4.20. The smallest absolute Gasteiger partial charge is 0.253 e. The zero-order valence-electron chi connectivity index (χ0n) is 12.5. The molecule has 1 N–H and O–H groups in total. The summed E-state index contributed by atoms with van der Waals surface area (Å²) in [6.07, 6.45) is -4.62. The third-order valence-corrected chi connectivity index (χ3v) is 5.49. The molecular weight excluding hydrogens is 351 g/mol. The van der Waals surface area contributed by atoms with Gasteiger partial charge < -0.3 is 0 Å². The Balaban J connectivity index is 2.31. The molecule has 1 aromatic carbocycles. The van der Waals surface area contributed by atoms with Gasteiger partial charge in [-0.25, -0.2) is 8.42 Å². The first-order valence-electron chi connectivity index (χ1n) is 6.44. The van der Waals surface area contributed by atoms with Crippen LogP contribution in [0.25, 0.3) is 0 Å². The second kappa shape index (κ2) is 5.75. The van der Waals surface area contributed by atoms with Crippen LogP contribution in [-0.2, 0) is 21.6 Å². The maximum Gasteiger partial charge on any atom is 0.416 e. The Kier molecular flexibility index (Phi) is 4.42. The van der Waals surface area contributed by atoms with Gasteiger partial charge >= 0.3 is 6.18 Å². The maximum atomic E-state index is 12.7. The third-order valence-electron chi connectivity index (χ3n) is 2.76. The summed E-state index contributed by atoms with van der Waals surface area (Å²) in [5, 5.41) is 8.22. The molecule has 0 atom stereocenters. The van der Waals surface area contributed by atoms with E-state index in [0.717, 1.165) is 29.5 Å². The fourth-order valence-corrected chi connectivity index (χ4v) is 3.66. The zero-order valence-corrected chi connectivity index (χ0v) is 14.1. The van der Waals surface area contributed by atoms with Crippen molar-refractivity contribution in [2.24, 2.45) is 0 Å². The predicted molar refractivity (Wildman–Crippen MR) is 80.9 cm³/mol. The fourth-order valence-electron chi connectivity index (χ4n) is 1.58. The quantitative estimate of drug-likeness (QED) is 0.901. The van der Waals surface area contributed by atoms with Crippen molar-refractivity contribution in [1.82, 2.24) is 10.2 Å². The molecule has 2 rings (SSSR count). The summed E-state index contributed by atoms with van der Waals surface area (Å²) in [4.78, 5) is -0.486. The Labute approximate surface area is 135 Å². The predicted octanol–water partition coefficient (Wildman–Crippen LogP) is 3.66. The molecule has 0 fully saturated rings. The first-order valence-corrected chi connectivity index (χ1v) is 8.74. The molecule has 126 valence electrons. The highest BCUT2D eigenvalue weighted by Crippen LogP contribution is 2.32. The molecule has 0 amide bonds. The van der Waals surface area contributed by atoms with E-state index in [4.69, 9.17) is 0 Å². The number of hydrogen-bond acceptors (Lipinski definition) is 5. The van der Waals surface area contributed by atoms with E-state index < -0.39 is 26.7 Å². The minimum absolute atomic E-state index is 0.00679. The van der Waals surface area contributed by atoms with Crippen LogP contribution < -0.4 is 4.72 Å². The van der Waals surface area contributed by atoms with Gasteiger partial charge in [0.2, 0.25) is 5.13 Å². The van der Waals surface area contributed by atoms with Crippen LogP contribution in [0, 0.1) is 0 Å². The SMILES string of the molecule is CC(C)(C)c1nnc(NS(=O)(=O)c2cccc(C(F)(F)F)c2)s1. The van der Waals surface area contributed by atoms with Crippen molar-refractivity contribution in [3.63, 3.8) is 0 Å². The number of halogens is 3. The van der Waals surface area contributed by atoms with Crippen LogP contribution in [0.15, 0.2) is 29.2 Å². The molecular formula is C13H14F3N3O2S2. The molecule has 1 heterocycles. The lowest BCUT2D eigenvalue weighted by molar-refractivity contribution is -0.137. The van der Waals surface area contributed by atoms with Crippen molar-refractivity contribution in [2.45, 2.75) is 37.3 Å². The van der Waals surface area contributed by atoms with E-state index in [9.17, 15) is 21.6 Å². The van der Waals surface area contributed by atoms with Gasteiger partial charge in [-0.1, -0.05) is 38.2 Å². The van der Waals surface area contributed by atoms with Gasteiger partial charge in [-0.3, -0.25) is 4.72 Å². The van der Waals surface area contributed by atoms with E-state index in [1.807, 2.05) is 20.8 Å². The molecule has 0 spiro atoms. The average Bonchev–Trinajstić information content (AvgIpc) is 2.85. The summed E-state index contributed by atoms with van der Waals surface area (Å²) < 4.78 is 64.6. The van der Waals surface area contributed by atoms with Gasteiger partial charge in [-0.15, -0.1) is 10.2 Å². The summed E-state index contributed by atoms with van der Waals surface area (Å²) in [7, 11) is -4.17. The standard InChI is InChI=1S/C13H14F3N3O2S2/c1-12(2,3)10-17-18-11(22-10)19-23(20,21)9-6-4-5-8(7-9)13(14,15)16/h4-7H,1-3H3,(H,18,19). The van der Waals surface area contributed by atoms with Gasteiger partial charge in [0.15, 0.2) is 0 Å². The Morgan fingerprint density at radius 2 is 1.78 bits per heavy atom. The molecule has 0 saturated heterocycles. The molecule has 10 heteroatoms. The number of nitrogens with one attached hydrogen (secondary N) is 1. The molecule has 0 saturated carbocycles. The fraction of sp³-hybridized carbons (Fsp3) is 0.385. The van der Waals surface area contributed by atoms with Crippen LogP contribution in [0.4, 0.5) is 18.3 Å². The molecule has 0 radical (unpaired) electrons. The highest BCUT2D eigenvalue weighted by atomic mass is 32.2. The summed E-state index contributed by atoms with van der Waals surface area (Å²) >= 11 is 1.04. The van der Waals surface area contributed by atoms with E-state index in [-0.39, 0.29) is 10.5 Å². The van der Waals surface area contributed by atoms with Crippen molar-refractivity contribution in [3.8, 4) is 0 Å². The summed E-state index contributed by atoms with van der Waals surface area (Å²) in [5.74, 6) is 0. The Morgan fingerprint density at radius 3 is 2.30 bits per heavy atom. The maximum absolute atomic E-state index is 12.7. The van der Waals surface area contributed by atoms with Gasteiger partial charge in [0.1, 0.15) is 5.01 Å². The van der Waals surface area contributed by atoms with Crippen molar-refractivity contribution in [3.05, 3.63) is 34.8 Å². The van der Waals surface area contributed by atoms with Crippen LogP contribution in [0.2, 0.25) is 0 Å². The lowest BCUT2D eigenvalue weighted by Crippen LogP contribution is -2.14. The highest BCUT2D eigenvalue weighted by Gasteiger charge is 2.32. The van der Waals surface area contributed by atoms with Crippen LogP contribution in [0.3, 0.4) is 0 Å². The van der Waals surface area contributed by atoms with E-state index in [0.29, 0.717) is 11.1 Å². The lowest BCUT2D eigenvalue weighted by atomic mass is 9.98. The van der Waals surface area contributed by atoms with Crippen molar-refractivity contribution in [1.29, 1.82) is 0 Å². The van der Waals surface area contributed by atoms with E-state index in [2.05, 4.69) is 14.9 Å². The highest BCUT2D eigenvalue weighted by molar-refractivity contribution is 7.93. The minimum atomic E-state index is -4.62. The Bertz CT molecular complexity index is 808. The number of aromatic nitrogens is 2. The zero-order chi connectivity index (χ0) is 17.5. The van der Waals surface area contributed by atoms with Crippen molar-refractivity contribution >= 4 is 26.5 Å². The Morgan fingerprint density at radius 1 is 1.13 bits per heavy atom. The van der Waals surface area contributed by atoms with Gasteiger partial charge in [0, 0.05) is 5.41 Å². The number of rotatable bonds is 3. The molecule has 2 aromatic rings. The van der Waals surface area contributed by atoms with Crippen LogP contribution in [0.1, 0.15) is 31.3 Å². The monoisotopic (exact) mass is 365 g/mol. The summed E-state index contributed by atoms with van der Waals surface area (Å²) in [6, 6.07) is 3.51. The van der Waals surface area contributed by atoms with Crippen LogP contribution in [0.5, 0.6) is 0 Å². The van der Waals surface area contributed by atoms with Crippen molar-refractivity contribution in [2.75, 3.05) is 4.72 Å². The number of alkyl halides is 3. The molecule has 5 nitrogen and oxygen atoms in total. The second-order valence-electron chi connectivity index (χ2n) is 5.79. The lowest BCUT2D eigenvalue weighted by Gasteiger charge is -2.12. The second-order valence-corrected chi connectivity index (χ2v) is 8.45. The average molecular weight is 365 g/mol. The van der Waals surface area contributed by atoms with Crippen LogP contribution >= 0.6 is 11.3 Å². The molecule has 0 aliphatic heterocycles. The molecule has 0 unspecified atom stereocenters. The normalized spacial score (nSPS) is 13.1. The van der Waals surface area contributed by atoms with Gasteiger partial charge in [-0.2, -0.15) is 13.2 Å². The molecule has 0 aliphatic carbocycles. The first-order chi connectivity index (χ1) is 10.4. The minimum Gasteiger partial charge on any atom is -0.253 e. The molecule has 23 heavy (non-hydrogen) atoms. The van der Waals surface area contributed by atoms with Gasteiger partial charge in [0.25, 0.3) is 10.0 Å². The molecule has 0 aliphatic rings. The number of nitrogens with zero attached hydrogens (tertiary/aromatic N) is 2. The van der Waals surface area contributed by atoms with E-state index in [1.165, 1.54) is 0 Å². The van der Waals surface area contributed by atoms with Crippen molar-refractivity contribution < 1.29 is 21.6 Å².